The highest BCUT2D eigenvalue weighted by Crippen LogP contribution is 2.27. The number of nitrogens with zero attached hydrogens (tertiary/aromatic N) is 3. The lowest BCUT2D eigenvalue weighted by atomic mass is 10.1. The van der Waals surface area contributed by atoms with Crippen molar-refractivity contribution in [2.45, 2.75) is 19.5 Å². The maximum atomic E-state index is 5.73. The van der Waals surface area contributed by atoms with Gasteiger partial charge in [0, 0.05) is 19.0 Å². The van der Waals surface area contributed by atoms with Gasteiger partial charge in [-0.15, -0.1) is 0 Å². The fourth-order valence-electron chi connectivity index (χ4n) is 2.00. The third-order valence-electron chi connectivity index (χ3n) is 3.05. The van der Waals surface area contributed by atoms with Gasteiger partial charge in [0.05, 0.1) is 35.6 Å². The molecule has 0 saturated carbocycles. The van der Waals surface area contributed by atoms with E-state index in [9.17, 15) is 0 Å². The van der Waals surface area contributed by atoms with Crippen LogP contribution in [0.4, 0.5) is 0 Å². The van der Waals surface area contributed by atoms with E-state index in [0.717, 1.165) is 21.4 Å². The summed E-state index contributed by atoms with van der Waals surface area (Å²) < 4.78 is 7.88. The van der Waals surface area contributed by atoms with Crippen molar-refractivity contribution in [3.05, 3.63) is 46.0 Å². The Morgan fingerprint density at radius 1 is 1.45 bits per heavy atom. The maximum absolute atomic E-state index is 5.73. The van der Waals surface area contributed by atoms with Crippen molar-refractivity contribution in [1.82, 2.24) is 20.2 Å². The first-order chi connectivity index (χ1) is 9.67. The number of pyridine rings is 1. The van der Waals surface area contributed by atoms with E-state index in [0.29, 0.717) is 13.2 Å². The average Bonchev–Trinajstić information content (AvgIpc) is 2.81. The molecule has 2 rings (SSSR count). The monoisotopic (exact) mass is 339 g/mol. The van der Waals surface area contributed by atoms with Crippen LogP contribution in [0.3, 0.4) is 0 Å². The van der Waals surface area contributed by atoms with Crippen LogP contribution in [-0.4, -0.2) is 28.5 Å². The van der Waals surface area contributed by atoms with E-state index in [4.69, 9.17) is 10.6 Å². The standard InChI is InChI=1S/C13H18BrN5O/c1-9-3-4-10(7-16-9)12(18-15)13-11(14)8-17-19(13)5-6-20-2/h3-4,7-8,12,18H,5-6,15H2,1-2H3. The summed E-state index contributed by atoms with van der Waals surface area (Å²) in [5.41, 5.74) is 5.73. The first-order valence-corrected chi connectivity index (χ1v) is 7.05. The van der Waals surface area contributed by atoms with Crippen molar-refractivity contribution in [3.63, 3.8) is 0 Å². The van der Waals surface area contributed by atoms with Gasteiger partial charge in [-0.3, -0.25) is 15.5 Å². The van der Waals surface area contributed by atoms with Gasteiger partial charge >= 0.3 is 0 Å². The SMILES string of the molecule is COCCn1ncc(Br)c1C(NN)c1ccc(C)nc1. The van der Waals surface area contributed by atoms with Gasteiger partial charge < -0.3 is 4.74 Å². The third kappa shape index (κ3) is 3.24. The van der Waals surface area contributed by atoms with Crippen molar-refractivity contribution in [2.24, 2.45) is 5.84 Å². The number of halogens is 1. The zero-order valence-corrected chi connectivity index (χ0v) is 13.1. The summed E-state index contributed by atoms with van der Waals surface area (Å²) >= 11 is 3.52. The zero-order chi connectivity index (χ0) is 14.5. The fourth-order valence-corrected chi connectivity index (χ4v) is 2.52. The van der Waals surface area contributed by atoms with Gasteiger partial charge in [0.1, 0.15) is 0 Å². The van der Waals surface area contributed by atoms with Gasteiger partial charge in [0.25, 0.3) is 0 Å². The van der Waals surface area contributed by atoms with Crippen LogP contribution < -0.4 is 11.3 Å². The van der Waals surface area contributed by atoms with Crippen LogP contribution in [0.25, 0.3) is 0 Å². The van der Waals surface area contributed by atoms with E-state index in [1.54, 1.807) is 13.3 Å². The number of hydrazine groups is 1. The van der Waals surface area contributed by atoms with Crippen LogP contribution in [0.5, 0.6) is 0 Å². The van der Waals surface area contributed by atoms with E-state index in [1.165, 1.54) is 0 Å². The summed E-state index contributed by atoms with van der Waals surface area (Å²) in [5, 5.41) is 4.34. The second-order valence-corrected chi connectivity index (χ2v) is 5.28. The molecule has 1 unspecified atom stereocenters. The van der Waals surface area contributed by atoms with Gasteiger partial charge in [0.2, 0.25) is 0 Å². The second-order valence-electron chi connectivity index (χ2n) is 4.43. The number of nitrogens with one attached hydrogen (secondary N) is 1. The number of methoxy groups -OCH3 is 1. The van der Waals surface area contributed by atoms with Crippen molar-refractivity contribution >= 4 is 15.9 Å². The summed E-state index contributed by atoms with van der Waals surface area (Å²) in [6.45, 7) is 3.20. The number of nitrogens with two attached hydrogens (primary N) is 1. The molecular formula is C13H18BrN5O. The van der Waals surface area contributed by atoms with Gasteiger partial charge in [-0.2, -0.15) is 5.10 Å². The summed E-state index contributed by atoms with van der Waals surface area (Å²) in [6, 6.07) is 3.79. The minimum Gasteiger partial charge on any atom is -0.383 e. The minimum absolute atomic E-state index is 0.183. The van der Waals surface area contributed by atoms with E-state index in [-0.39, 0.29) is 6.04 Å². The predicted octanol–water partition coefficient (Wildman–Crippen LogP) is 1.55. The molecule has 20 heavy (non-hydrogen) atoms. The van der Waals surface area contributed by atoms with Crippen molar-refractivity contribution < 1.29 is 4.74 Å². The number of aromatic nitrogens is 3. The molecule has 0 aromatic carbocycles. The molecule has 0 aliphatic heterocycles. The van der Waals surface area contributed by atoms with Gasteiger partial charge in [-0.25, -0.2) is 5.43 Å². The maximum Gasteiger partial charge on any atom is 0.0904 e. The lowest BCUT2D eigenvalue weighted by Crippen LogP contribution is -2.31. The smallest absolute Gasteiger partial charge is 0.0904 e. The summed E-state index contributed by atoms with van der Waals surface area (Å²) in [4.78, 5) is 4.31. The molecule has 2 heterocycles. The van der Waals surface area contributed by atoms with Crippen LogP contribution >= 0.6 is 15.9 Å². The Kier molecular flexibility index (Phi) is 5.24. The van der Waals surface area contributed by atoms with Crippen LogP contribution in [0, 0.1) is 6.92 Å². The van der Waals surface area contributed by atoms with Gasteiger partial charge in [-0.1, -0.05) is 6.07 Å². The Bertz CT molecular complexity index is 554. The molecule has 3 N–H and O–H groups in total. The quantitative estimate of drug-likeness (QED) is 0.616. The Balaban J connectivity index is 2.35. The molecule has 0 fully saturated rings. The number of aryl methyl sites for hydroxylation is 1. The Hall–Kier alpha value is -1.28. The van der Waals surface area contributed by atoms with Crippen LogP contribution in [-0.2, 0) is 11.3 Å². The van der Waals surface area contributed by atoms with Crippen LogP contribution in [0.1, 0.15) is 23.0 Å². The molecule has 0 spiro atoms. The minimum atomic E-state index is -0.183. The molecule has 0 aliphatic rings. The molecule has 2 aromatic rings. The topological polar surface area (TPSA) is 78.0 Å². The predicted molar refractivity (Wildman–Crippen MR) is 79.9 cm³/mol. The molecule has 0 bridgehead atoms. The highest BCUT2D eigenvalue weighted by atomic mass is 79.9. The molecule has 6 nitrogen and oxygen atoms in total. The van der Waals surface area contributed by atoms with E-state index in [1.807, 2.05) is 29.9 Å². The third-order valence-corrected chi connectivity index (χ3v) is 3.66. The number of ether oxygens (including phenoxy) is 1. The Labute approximate surface area is 126 Å². The molecule has 0 amide bonds. The molecule has 0 radical (unpaired) electrons. The van der Waals surface area contributed by atoms with Crippen LogP contribution in [0.15, 0.2) is 29.0 Å². The highest BCUT2D eigenvalue weighted by Gasteiger charge is 2.21. The highest BCUT2D eigenvalue weighted by molar-refractivity contribution is 9.10. The summed E-state index contributed by atoms with van der Waals surface area (Å²) in [7, 11) is 1.67. The molecular weight excluding hydrogens is 322 g/mol. The lowest BCUT2D eigenvalue weighted by molar-refractivity contribution is 0.182. The molecule has 1 atom stereocenters. The average molecular weight is 340 g/mol. The first-order valence-electron chi connectivity index (χ1n) is 6.26. The van der Waals surface area contributed by atoms with Crippen LogP contribution in [0.2, 0.25) is 0 Å². The van der Waals surface area contributed by atoms with Gasteiger partial charge in [0.15, 0.2) is 0 Å². The second kappa shape index (κ2) is 6.94. The fraction of sp³-hybridized carbons (Fsp3) is 0.385. The molecule has 0 saturated heterocycles. The first kappa shape index (κ1) is 15.1. The van der Waals surface area contributed by atoms with E-state index >= 15 is 0 Å². The lowest BCUT2D eigenvalue weighted by Gasteiger charge is -2.18. The number of rotatable bonds is 6. The molecule has 7 heteroatoms. The molecule has 108 valence electrons. The number of hydrogen-bond acceptors (Lipinski definition) is 5. The summed E-state index contributed by atoms with van der Waals surface area (Å²) in [6.07, 6.45) is 3.58. The Morgan fingerprint density at radius 2 is 2.25 bits per heavy atom. The Morgan fingerprint density at radius 3 is 2.85 bits per heavy atom. The molecule has 2 aromatic heterocycles. The largest absolute Gasteiger partial charge is 0.383 e. The summed E-state index contributed by atoms with van der Waals surface area (Å²) in [5.74, 6) is 5.73. The zero-order valence-electron chi connectivity index (χ0n) is 11.5. The van der Waals surface area contributed by atoms with Crippen molar-refractivity contribution in [3.8, 4) is 0 Å². The van der Waals surface area contributed by atoms with Crippen molar-refractivity contribution in [1.29, 1.82) is 0 Å². The normalized spacial score (nSPS) is 12.6. The number of hydrogen-bond donors (Lipinski definition) is 2. The molecule has 0 aliphatic carbocycles. The van der Waals surface area contributed by atoms with E-state index < -0.39 is 0 Å². The van der Waals surface area contributed by atoms with Crippen molar-refractivity contribution in [2.75, 3.05) is 13.7 Å². The van der Waals surface area contributed by atoms with Gasteiger partial charge in [-0.05, 0) is 34.5 Å². The van der Waals surface area contributed by atoms with E-state index in [2.05, 4.69) is 31.4 Å².